The Kier molecular flexibility index (Phi) is 4.22. The normalized spacial score (nSPS) is 12.4. The molecule has 1 aromatic carbocycles. The van der Waals surface area contributed by atoms with Crippen molar-refractivity contribution in [1.29, 1.82) is 0 Å². The van der Waals surface area contributed by atoms with Gasteiger partial charge in [0.1, 0.15) is 5.75 Å². The maximum Gasteiger partial charge on any atom is 0.119 e. The predicted octanol–water partition coefficient (Wildman–Crippen LogP) is 2.43. The average Bonchev–Trinajstić information content (AvgIpc) is 2.80. The third-order valence-electron chi connectivity index (χ3n) is 3.18. The van der Waals surface area contributed by atoms with Crippen LogP contribution < -0.4 is 10.5 Å². The summed E-state index contributed by atoms with van der Waals surface area (Å²) >= 11 is 0. The second kappa shape index (κ2) is 5.89. The lowest BCUT2D eigenvalue weighted by Crippen LogP contribution is -2.15. The van der Waals surface area contributed by atoms with E-state index in [-0.39, 0.29) is 6.04 Å². The molecule has 0 radical (unpaired) electrons. The highest BCUT2D eigenvalue weighted by atomic mass is 16.5. The van der Waals surface area contributed by atoms with Gasteiger partial charge >= 0.3 is 0 Å². The minimum atomic E-state index is -0.182. The summed E-state index contributed by atoms with van der Waals surface area (Å²) in [6.45, 7) is 4.72. The van der Waals surface area contributed by atoms with Crippen LogP contribution in [0, 0.1) is 0 Å². The molecule has 4 nitrogen and oxygen atoms in total. The Bertz CT molecular complexity index is 548. The molecular weight excluding hydrogens is 238 g/mol. The van der Waals surface area contributed by atoms with Crippen LogP contribution in [0.15, 0.2) is 30.3 Å². The van der Waals surface area contributed by atoms with Crippen LogP contribution in [-0.2, 0) is 13.5 Å². The van der Waals surface area contributed by atoms with Crippen LogP contribution in [0.4, 0.5) is 0 Å². The Hall–Kier alpha value is -1.81. The SMILES string of the molecule is CCOc1cccc(C(N)c2cc(CC)nn2C)c1. The Labute approximate surface area is 114 Å². The van der Waals surface area contributed by atoms with Gasteiger partial charge in [-0.15, -0.1) is 0 Å². The maximum absolute atomic E-state index is 6.33. The van der Waals surface area contributed by atoms with Crippen LogP contribution >= 0.6 is 0 Å². The van der Waals surface area contributed by atoms with Crippen molar-refractivity contribution in [1.82, 2.24) is 9.78 Å². The van der Waals surface area contributed by atoms with E-state index >= 15 is 0 Å². The van der Waals surface area contributed by atoms with Crippen LogP contribution in [0.5, 0.6) is 5.75 Å². The van der Waals surface area contributed by atoms with Gasteiger partial charge in [-0.2, -0.15) is 5.10 Å². The molecule has 4 heteroatoms. The lowest BCUT2D eigenvalue weighted by atomic mass is 10.0. The summed E-state index contributed by atoms with van der Waals surface area (Å²) in [6, 6.07) is 9.81. The topological polar surface area (TPSA) is 53.1 Å². The minimum absolute atomic E-state index is 0.182. The number of rotatable bonds is 5. The molecule has 19 heavy (non-hydrogen) atoms. The number of ether oxygens (including phenoxy) is 1. The third kappa shape index (κ3) is 2.96. The van der Waals surface area contributed by atoms with Gasteiger partial charge in [0.25, 0.3) is 0 Å². The zero-order valence-electron chi connectivity index (χ0n) is 11.8. The van der Waals surface area contributed by atoms with E-state index in [1.807, 2.05) is 42.9 Å². The number of nitrogens with zero attached hydrogens (tertiary/aromatic N) is 2. The van der Waals surface area contributed by atoms with Crippen molar-refractivity contribution in [2.45, 2.75) is 26.3 Å². The van der Waals surface area contributed by atoms with Crippen molar-refractivity contribution in [2.75, 3.05) is 6.61 Å². The van der Waals surface area contributed by atoms with Crippen molar-refractivity contribution in [2.24, 2.45) is 12.8 Å². The Balaban J connectivity index is 2.29. The summed E-state index contributed by atoms with van der Waals surface area (Å²) in [4.78, 5) is 0. The molecule has 0 amide bonds. The quantitative estimate of drug-likeness (QED) is 0.897. The molecule has 2 N–H and O–H groups in total. The molecule has 1 unspecified atom stereocenters. The van der Waals surface area contributed by atoms with E-state index in [0.29, 0.717) is 6.61 Å². The predicted molar refractivity (Wildman–Crippen MR) is 76.2 cm³/mol. The molecule has 1 aromatic heterocycles. The van der Waals surface area contributed by atoms with Gasteiger partial charge in [-0.1, -0.05) is 19.1 Å². The van der Waals surface area contributed by atoms with E-state index in [1.165, 1.54) is 0 Å². The first-order valence-corrected chi connectivity index (χ1v) is 6.66. The van der Waals surface area contributed by atoms with Gasteiger partial charge in [-0.05, 0) is 37.1 Å². The third-order valence-corrected chi connectivity index (χ3v) is 3.18. The van der Waals surface area contributed by atoms with E-state index in [0.717, 1.165) is 29.1 Å². The maximum atomic E-state index is 6.33. The molecule has 0 spiro atoms. The zero-order valence-corrected chi connectivity index (χ0v) is 11.8. The zero-order chi connectivity index (χ0) is 13.8. The smallest absolute Gasteiger partial charge is 0.119 e. The van der Waals surface area contributed by atoms with Crippen LogP contribution in [0.25, 0.3) is 0 Å². The lowest BCUT2D eigenvalue weighted by Gasteiger charge is -2.13. The summed E-state index contributed by atoms with van der Waals surface area (Å²) in [7, 11) is 1.93. The molecule has 1 heterocycles. The molecule has 0 bridgehead atoms. The molecule has 0 aliphatic heterocycles. The summed E-state index contributed by atoms with van der Waals surface area (Å²) in [5.41, 5.74) is 9.46. The Morgan fingerprint density at radius 1 is 1.32 bits per heavy atom. The van der Waals surface area contributed by atoms with E-state index in [9.17, 15) is 0 Å². The highest BCUT2D eigenvalue weighted by molar-refractivity contribution is 5.34. The van der Waals surface area contributed by atoms with Gasteiger partial charge in [0.2, 0.25) is 0 Å². The fourth-order valence-electron chi connectivity index (χ4n) is 2.14. The molecule has 0 saturated heterocycles. The number of benzene rings is 1. The van der Waals surface area contributed by atoms with E-state index < -0.39 is 0 Å². The monoisotopic (exact) mass is 259 g/mol. The largest absolute Gasteiger partial charge is 0.494 e. The molecular formula is C15H21N3O. The second-order valence-corrected chi connectivity index (χ2v) is 4.52. The van der Waals surface area contributed by atoms with Crippen LogP contribution in [0.2, 0.25) is 0 Å². The fourth-order valence-corrected chi connectivity index (χ4v) is 2.14. The summed E-state index contributed by atoms with van der Waals surface area (Å²) in [6.07, 6.45) is 0.916. The standard InChI is InChI=1S/C15H21N3O/c1-4-12-10-14(18(3)17-12)15(16)11-7-6-8-13(9-11)19-5-2/h6-10,15H,4-5,16H2,1-3H3. The first-order valence-electron chi connectivity index (χ1n) is 6.66. The molecule has 1 atom stereocenters. The Morgan fingerprint density at radius 2 is 2.11 bits per heavy atom. The number of hydrogen-bond acceptors (Lipinski definition) is 3. The number of hydrogen-bond donors (Lipinski definition) is 1. The van der Waals surface area contributed by atoms with Gasteiger partial charge in [-0.25, -0.2) is 0 Å². The highest BCUT2D eigenvalue weighted by Gasteiger charge is 2.15. The van der Waals surface area contributed by atoms with Gasteiger partial charge < -0.3 is 10.5 Å². The van der Waals surface area contributed by atoms with Crippen molar-refractivity contribution in [3.63, 3.8) is 0 Å². The number of nitrogens with two attached hydrogens (primary N) is 1. The first kappa shape index (κ1) is 13.6. The molecule has 102 valence electrons. The van der Waals surface area contributed by atoms with Crippen molar-refractivity contribution in [3.05, 3.63) is 47.3 Å². The Morgan fingerprint density at radius 3 is 2.74 bits per heavy atom. The molecule has 0 saturated carbocycles. The van der Waals surface area contributed by atoms with Crippen molar-refractivity contribution < 1.29 is 4.74 Å². The fraction of sp³-hybridized carbons (Fsp3) is 0.400. The number of aromatic nitrogens is 2. The van der Waals surface area contributed by atoms with E-state index in [2.05, 4.69) is 18.1 Å². The second-order valence-electron chi connectivity index (χ2n) is 4.52. The van der Waals surface area contributed by atoms with Crippen molar-refractivity contribution in [3.8, 4) is 5.75 Å². The highest BCUT2D eigenvalue weighted by Crippen LogP contribution is 2.23. The van der Waals surface area contributed by atoms with Gasteiger partial charge in [0, 0.05) is 7.05 Å². The van der Waals surface area contributed by atoms with Gasteiger partial charge in [0.15, 0.2) is 0 Å². The summed E-state index contributed by atoms with van der Waals surface area (Å²) in [5.74, 6) is 0.855. The first-order chi connectivity index (χ1) is 9.15. The summed E-state index contributed by atoms with van der Waals surface area (Å²) in [5, 5.41) is 4.44. The number of aryl methyl sites for hydroxylation is 2. The lowest BCUT2D eigenvalue weighted by molar-refractivity contribution is 0.339. The van der Waals surface area contributed by atoms with Gasteiger partial charge in [-0.3, -0.25) is 4.68 Å². The van der Waals surface area contributed by atoms with Gasteiger partial charge in [0.05, 0.1) is 24.0 Å². The molecule has 0 fully saturated rings. The van der Waals surface area contributed by atoms with Crippen LogP contribution in [0.3, 0.4) is 0 Å². The van der Waals surface area contributed by atoms with E-state index in [1.54, 1.807) is 0 Å². The van der Waals surface area contributed by atoms with Crippen molar-refractivity contribution >= 4 is 0 Å². The minimum Gasteiger partial charge on any atom is -0.494 e. The average molecular weight is 259 g/mol. The van der Waals surface area contributed by atoms with Crippen LogP contribution in [0.1, 0.15) is 36.8 Å². The molecule has 2 aromatic rings. The van der Waals surface area contributed by atoms with Crippen LogP contribution in [-0.4, -0.2) is 16.4 Å². The molecule has 0 aliphatic carbocycles. The molecule has 2 rings (SSSR count). The summed E-state index contributed by atoms with van der Waals surface area (Å²) < 4.78 is 7.37. The molecule has 0 aliphatic rings. The van der Waals surface area contributed by atoms with E-state index in [4.69, 9.17) is 10.5 Å².